The molecule has 0 spiro atoms. The minimum Gasteiger partial charge on any atom is -0.466 e. The fraction of sp³-hybridized carbons (Fsp3) is 0.789. The second-order valence-electron chi connectivity index (χ2n) is 5.87. The topological polar surface area (TPSA) is 52.6 Å². The molecule has 5 heteroatoms. The van der Waals surface area contributed by atoms with Crippen LogP contribution in [0.4, 0.5) is 0 Å². The summed E-state index contributed by atoms with van der Waals surface area (Å²) in [7, 11) is 0. The van der Waals surface area contributed by atoms with Crippen molar-refractivity contribution in [3.8, 4) is 0 Å². The van der Waals surface area contributed by atoms with Gasteiger partial charge in [-0.05, 0) is 6.42 Å². The van der Waals surface area contributed by atoms with Crippen molar-refractivity contribution in [1.82, 2.24) is 0 Å². The number of hydrogen-bond acceptors (Lipinski definition) is 4. The Labute approximate surface area is 170 Å². The molecule has 1 radical (unpaired) electrons. The van der Waals surface area contributed by atoms with E-state index in [1.54, 1.807) is 0 Å². The summed E-state index contributed by atoms with van der Waals surface area (Å²) >= 11 is 0. The van der Waals surface area contributed by atoms with Crippen LogP contribution in [0.1, 0.15) is 84.0 Å². The van der Waals surface area contributed by atoms with Gasteiger partial charge in [-0.25, -0.2) is 0 Å². The Morgan fingerprint density at radius 1 is 0.792 bits per heavy atom. The van der Waals surface area contributed by atoms with E-state index in [1.165, 1.54) is 57.4 Å². The molecule has 0 heterocycles. The zero-order valence-corrected chi connectivity index (χ0v) is 17.8. The van der Waals surface area contributed by atoms with Gasteiger partial charge in [0.1, 0.15) is 6.61 Å². The van der Waals surface area contributed by atoms with Gasteiger partial charge in [0.2, 0.25) is 0 Å². The normalized spacial score (nSPS) is 9.88. The largest absolute Gasteiger partial charge is 0.466 e. The van der Waals surface area contributed by atoms with Crippen molar-refractivity contribution >= 4 is 41.5 Å². The quantitative estimate of drug-likeness (QED) is 0.177. The van der Waals surface area contributed by atoms with Gasteiger partial charge in [-0.1, -0.05) is 77.4 Å². The SMILES string of the molecule is C=CCOC(=O)CCC(=O)OCCCCCCCCCCCC.[Na]. The van der Waals surface area contributed by atoms with Crippen molar-refractivity contribution in [3.63, 3.8) is 0 Å². The number of carbonyl (C=O) groups is 2. The van der Waals surface area contributed by atoms with E-state index in [0.29, 0.717) is 6.61 Å². The van der Waals surface area contributed by atoms with E-state index in [0.717, 1.165) is 12.8 Å². The molecule has 0 amide bonds. The first-order chi connectivity index (χ1) is 11.2. The van der Waals surface area contributed by atoms with E-state index in [9.17, 15) is 9.59 Å². The number of esters is 2. The van der Waals surface area contributed by atoms with Gasteiger partial charge >= 0.3 is 11.9 Å². The van der Waals surface area contributed by atoms with Crippen LogP contribution < -0.4 is 0 Å². The molecule has 0 fully saturated rings. The predicted octanol–water partition coefficient (Wildman–Crippen LogP) is 4.58. The van der Waals surface area contributed by atoms with Crippen molar-refractivity contribution in [2.45, 2.75) is 84.0 Å². The van der Waals surface area contributed by atoms with Crippen LogP contribution in [-0.2, 0) is 19.1 Å². The molecule has 0 aliphatic rings. The van der Waals surface area contributed by atoms with E-state index in [-0.39, 0.29) is 60.9 Å². The smallest absolute Gasteiger partial charge is 0.306 e. The van der Waals surface area contributed by atoms with Crippen molar-refractivity contribution in [2.75, 3.05) is 13.2 Å². The van der Waals surface area contributed by atoms with Gasteiger partial charge in [0.15, 0.2) is 0 Å². The summed E-state index contributed by atoms with van der Waals surface area (Å²) in [6.07, 6.45) is 14.2. The fourth-order valence-electron chi connectivity index (χ4n) is 2.28. The summed E-state index contributed by atoms with van der Waals surface area (Å²) in [5.41, 5.74) is 0. The Bertz CT molecular complexity index is 318. The van der Waals surface area contributed by atoms with Crippen LogP contribution in [0.2, 0.25) is 0 Å². The van der Waals surface area contributed by atoms with Gasteiger partial charge in [-0.15, -0.1) is 0 Å². The molecule has 0 aromatic heterocycles. The number of unbranched alkanes of at least 4 members (excludes halogenated alkanes) is 9. The van der Waals surface area contributed by atoms with Crippen LogP contribution in [0.15, 0.2) is 12.7 Å². The maximum Gasteiger partial charge on any atom is 0.306 e. The molecule has 0 atom stereocenters. The minimum absolute atomic E-state index is 0. The monoisotopic (exact) mass is 349 g/mol. The second kappa shape index (κ2) is 20.7. The van der Waals surface area contributed by atoms with E-state index in [2.05, 4.69) is 13.5 Å². The number of rotatable bonds is 16. The zero-order valence-electron chi connectivity index (χ0n) is 15.8. The standard InChI is InChI=1S/C19H34O4.Na/c1-3-5-6-7-8-9-10-11-12-13-17-23-19(21)15-14-18(20)22-16-4-2;/h4H,2-3,5-17H2,1H3;. The second-order valence-corrected chi connectivity index (χ2v) is 5.87. The third-order valence-electron chi connectivity index (χ3n) is 3.66. The molecular weight excluding hydrogens is 315 g/mol. The van der Waals surface area contributed by atoms with Crippen LogP contribution in [0.5, 0.6) is 0 Å². The summed E-state index contributed by atoms with van der Waals surface area (Å²) < 4.78 is 9.89. The van der Waals surface area contributed by atoms with E-state index in [1.807, 2.05) is 0 Å². The van der Waals surface area contributed by atoms with E-state index < -0.39 is 0 Å². The molecule has 0 saturated heterocycles. The maximum absolute atomic E-state index is 11.4. The van der Waals surface area contributed by atoms with Gasteiger partial charge in [0.25, 0.3) is 0 Å². The molecule has 135 valence electrons. The van der Waals surface area contributed by atoms with Crippen LogP contribution >= 0.6 is 0 Å². The van der Waals surface area contributed by atoms with Crippen molar-refractivity contribution in [2.24, 2.45) is 0 Å². The van der Waals surface area contributed by atoms with Crippen LogP contribution in [0, 0.1) is 0 Å². The van der Waals surface area contributed by atoms with E-state index in [4.69, 9.17) is 9.47 Å². The fourth-order valence-corrected chi connectivity index (χ4v) is 2.28. The van der Waals surface area contributed by atoms with Crippen molar-refractivity contribution in [3.05, 3.63) is 12.7 Å². The molecule has 0 aliphatic carbocycles. The zero-order chi connectivity index (χ0) is 17.2. The third kappa shape index (κ3) is 19.7. The molecule has 0 N–H and O–H groups in total. The van der Waals surface area contributed by atoms with Crippen LogP contribution in [0.3, 0.4) is 0 Å². The number of carbonyl (C=O) groups excluding carboxylic acids is 2. The molecule has 0 aromatic rings. The first-order valence-corrected chi connectivity index (χ1v) is 9.12. The number of hydrogen-bond donors (Lipinski definition) is 0. The third-order valence-corrected chi connectivity index (χ3v) is 3.66. The predicted molar refractivity (Wildman–Crippen MR) is 98.9 cm³/mol. The summed E-state index contributed by atoms with van der Waals surface area (Å²) in [5, 5.41) is 0. The van der Waals surface area contributed by atoms with Crippen molar-refractivity contribution in [1.29, 1.82) is 0 Å². The van der Waals surface area contributed by atoms with Crippen LogP contribution in [-0.4, -0.2) is 54.7 Å². The molecule has 24 heavy (non-hydrogen) atoms. The first kappa shape index (κ1) is 25.9. The van der Waals surface area contributed by atoms with E-state index >= 15 is 0 Å². The Kier molecular flexibility index (Phi) is 22.4. The molecule has 4 nitrogen and oxygen atoms in total. The minimum atomic E-state index is -0.388. The molecule has 0 saturated carbocycles. The Morgan fingerprint density at radius 2 is 1.25 bits per heavy atom. The number of ether oxygens (including phenoxy) is 2. The molecular formula is C19H34NaO4. The Morgan fingerprint density at radius 3 is 1.75 bits per heavy atom. The summed E-state index contributed by atoms with van der Waals surface area (Å²) in [5.74, 6) is -0.711. The average Bonchev–Trinajstić information content (AvgIpc) is 2.56. The van der Waals surface area contributed by atoms with Gasteiger partial charge in [0.05, 0.1) is 19.4 Å². The average molecular weight is 349 g/mol. The van der Waals surface area contributed by atoms with Crippen LogP contribution in [0.25, 0.3) is 0 Å². The Hall–Kier alpha value is -0.320. The van der Waals surface area contributed by atoms with Crippen molar-refractivity contribution < 1.29 is 19.1 Å². The maximum atomic E-state index is 11.4. The van der Waals surface area contributed by atoms with Gasteiger partial charge in [-0.3, -0.25) is 9.59 Å². The Balaban J connectivity index is 0. The summed E-state index contributed by atoms with van der Waals surface area (Å²) in [4.78, 5) is 22.6. The summed E-state index contributed by atoms with van der Waals surface area (Å²) in [6, 6.07) is 0. The van der Waals surface area contributed by atoms with Gasteiger partial charge in [-0.2, -0.15) is 0 Å². The molecule has 0 aromatic carbocycles. The molecule has 0 unspecified atom stereocenters. The first-order valence-electron chi connectivity index (χ1n) is 9.12. The van der Waals surface area contributed by atoms with Gasteiger partial charge in [0, 0.05) is 29.6 Å². The summed E-state index contributed by atoms with van der Waals surface area (Å²) in [6.45, 7) is 6.33. The molecule has 0 aliphatic heterocycles. The molecule has 0 bridgehead atoms. The molecule has 0 rings (SSSR count). The van der Waals surface area contributed by atoms with Gasteiger partial charge < -0.3 is 9.47 Å².